The van der Waals surface area contributed by atoms with E-state index in [2.05, 4.69) is 21.9 Å². The van der Waals surface area contributed by atoms with Gasteiger partial charge in [-0.2, -0.15) is 5.26 Å². The maximum absolute atomic E-state index is 13.7. The molecule has 8 rings (SSSR count). The molecule has 0 radical (unpaired) electrons. The SMILES string of the molecule is CCCC(=O)O[C@H]1CS[C@@H]2c3c(OC(C)=O)c(C)c4c(c3[C@H](COC1=O)N1C2[C@H]2c3c(cc(C)c(OC)c3OCOC)C[C@@H]([C@@H]1C#N)N2C)OCO4. The van der Waals surface area contributed by atoms with Gasteiger partial charge in [0.1, 0.15) is 18.4 Å². The summed E-state index contributed by atoms with van der Waals surface area (Å²) in [5, 5.41) is 10.5. The lowest BCUT2D eigenvalue weighted by Crippen LogP contribution is -2.69. The van der Waals surface area contributed by atoms with Crippen molar-refractivity contribution < 1.29 is 52.3 Å². The normalized spacial score (nSPS) is 27.3. The van der Waals surface area contributed by atoms with Crippen molar-refractivity contribution in [3.63, 3.8) is 0 Å². The molecule has 4 bridgehead atoms. The first kappa shape index (κ1) is 36.1. The molecule has 14 nitrogen and oxygen atoms in total. The summed E-state index contributed by atoms with van der Waals surface area (Å²) in [4.78, 5) is 43.6. The van der Waals surface area contributed by atoms with Crippen LogP contribution in [0.5, 0.6) is 28.7 Å². The molecule has 6 heterocycles. The van der Waals surface area contributed by atoms with Crippen molar-refractivity contribution in [2.24, 2.45) is 0 Å². The smallest absolute Gasteiger partial charge is 0.348 e. The second-order valence-corrected chi connectivity index (χ2v) is 14.8. The number of nitrogens with zero attached hydrogens (tertiary/aromatic N) is 3. The standard InChI is InChI=1S/C37H43N3O11S/c1-8-9-25(42)51-24-14-52-36-28-27(35-33(48-16-49-35)18(3)32(28)50-19(4)41)23(13-46-37(24)43)40-22(12-38)21-11-20-10-17(2)31(45-7)34(47-15-44-6)26(20)29(30(36)40)39(21)5/h10,21-24,29-30,36H,8-9,11,13-16H2,1-7H3/t21-,22-,23-,24-,29+,30?,36+/m0/s1. The number of nitriles is 1. The summed E-state index contributed by atoms with van der Waals surface area (Å²) in [5.74, 6) is 0.680. The summed E-state index contributed by atoms with van der Waals surface area (Å²) in [6.45, 7) is 6.70. The van der Waals surface area contributed by atoms with Crippen LogP contribution in [0.25, 0.3) is 0 Å². The average molecular weight is 738 g/mol. The topological polar surface area (TPSA) is 155 Å². The van der Waals surface area contributed by atoms with Crippen LogP contribution in [0.2, 0.25) is 0 Å². The van der Waals surface area contributed by atoms with Gasteiger partial charge in [-0.15, -0.1) is 11.8 Å². The highest BCUT2D eigenvalue weighted by Crippen LogP contribution is 2.64. The molecule has 0 N–H and O–H groups in total. The molecule has 0 spiro atoms. The van der Waals surface area contributed by atoms with Crippen LogP contribution < -0.4 is 23.7 Å². The average Bonchev–Trinajstić information content (AvgIpc) is 3.60. The van der Waals surface area contributed by atoms with Gasteiger partial charge in [0.15, 0.2) is 29.8 Å². The van der Waals surface area contributed by atoms with Gasteiger partial charge in [-0.3, -0.25) is 19.4 Å². The molecule has 6 aliphatic rings. The van der Waals surface area contributed by atoms with E-state index in [1.165, 1.54) is 18.7 Å². The van der Waals surface area contributed by atoms with Crippen molar-refractivity contribution >= 4 is 29.7 Å². The van der Waals surface area contributed by atoms with Gasteiger partial charge < -0.3 is 37.9 Å². The van der Waals surface area contributed by atoms with Crippen LogP contribution >= 0.6 is 11.8 Å². The Hall–Kier alpha value is -4.23. The summed E-state index contributed by atoms with van der Waals surface area (Å²) in [5.41, 5.74) is 4.70. The molecular formula is C37H43N3O11S. The Morgan fingerprint density at radius 2 is 1.85 bits per heavy atom. The van der Waals surface area contributed by atoms with Crippen molar-refractivity contribution in [2.75, 3.05) is 47.2 Å². The lowest BCUT2D eigenvalue weighted by atomic mass is 9.71. The zero-order chi connectivity index (χ0) is 37.0. The fraction of sp³-hybridized carbons (Fsp3) is 0.568. The van der Waals surface area contributed by atoms with E-state index < -0.39 is 53.4 Å². The third-order valence-corrected chi connectivity index (χ3v) is 12.0. The summed E-state index contributed by atoms with van der Waals surface area (Å²) >= 11 is 1.38. The van der Waals surface area contributed by atoms with E-state index in [9.17, 15) is 19.6 Å². The van der Waals surface area contributed by atoms with Crippen LogP contribution in [-0.4, -0.2) is 99.2 Å². The largest absolute Gasteiger partial charge is 0.493 e. The fourth-order valence-electron chi connectivity index (χ4n) is 8.69. The Bertz CT molecular complexity index is 1850. The molecule has 0 amide bonds. The number of rotatable bonds is 8. The van der Waals surface area contributed by atoms with Gasteiger partial charge in [-0.05, 0) is 44.9 Å². The van der Waals surface area contributed by atoms with E-state index in [4.69, 9.17) is 37.9 Å². The Morgan fingerprint density at radius 3 is 2.54 bits per heavy atom. The van der Waals surface area contributed by atoms with Crippen molar-refractivity contribution in [3.05, 3.63) is 39.4 Å². The quantitative estimate of drug-likeness (QED) is 0.216. The van der Waals surface area contributed by atoms with Crippen LogP contribution in [0.4, 0.5) is 0 Å². The maximum atomic E-state index is 13.7. The van der Waals surface area contributed by atoms with Gasteiger partial charge >= 0.3 is 17.9 Å². The predicted octanol–water partition coefficient (Wildman–Crippen LogP) is 4.22. The van der Waals surface area contributed by atoms with E-state index in [0.29, 0.717) is 58.3 Å². The first-order chi connectivity index (χ1) is 25.1. The van der Waals surface area contributed by atoms with Crippen molar-refractivity contribution in [2.45, 2.75) is 88.5 Å². The van der Waals surface area contributed by atoms with Crippen molar-refractivity contribution in [1.82, 2.24) is 9.80 Å². The number of thioether (sulfide) groups is 1. The molecule has 1 unspecified atom stereocenters. The zero-order valence-corrected chi connectivity index (χ0v) is 31.1. The van der Waals surface area contributed by atoms with Crippen molar-refractivity contribution in [3.8, 4) is 34.8 Å². The Morgan fingerprint density at radius 1 is 1.08 bits per heavy atom. The van der Waals surface area contributed by atoms with E-state index in [1.54, 1.807) is 14.2 Å². The molecular weight excluding hydrogens is 694 g/mol. The highest BCUT2D eigenvalue weighted by Gasteiger charge is 2.61. The number of fused-ring (bicyclic) bond motifs is 10. The van der Waals surface area contributed by atoms with Gasteiger partial charge in [0.05, 0.1) is 30.5 Å². The Labute approximate surface area is 306 Å². The number of benzene rings is 2. The number of carbonyl (C=O) groups excluding carboxylic acids is 3. The van der Waals surface area contributed by atoms with Crippen molar-refractivity contribution in [1.29, 1.82) is 5.26 Å². The van der Waals surface area contributed by atoms with Crippen LogP contribution in [0.3, 0.4) is 0 Å². The molecule has 0 saturated carbocycles. The first-order valence-electron chi connectivity index (χ1n) is 17.4. The summed E-state index contributed by atoms with van der Waals surface area (Å²) in [6, 6.07) is 2.15. The lowest BCUT2D eigenvalue weighted by molar-refractivity contribution is -0.169. The molecule has 6 aliphatic heterocycles. The van der Waals surface area contributed by atoms with Crippen LogP contribution in [0, 0.1) is 25.2 Å². The fourth-order valence-corrected chi connectivity index (χ4v) is 10.2. The van der Waals surface area contributed by atoms with Gasteiger partial charge in [0.25, 0.3) is 0 Å². The highest BCUT2D eigenvalue weighted by molar-refractivity contribution is 7.99. The predicted molar refractivity (Wildman–Crippen MR) is 186 cm³/mol. The Kier molecular flexibility index (Phi) is 9.94. The molecule has 2 aromatic rings. The number of carbonyl (C=O) groups is 3. The molecule has 15 heteroatoms. The van der Waals surface area contributed by atoms with E-state index in [1.807, 2.05) is 27.8 Å². The van der Waals surface area contributed by atoms with Gasteiger partial charge in [0.2, 0.25) is 12.9 Å². The number of esters is 3. The number of piperazine rings is 1. The Balaban J connectivity index is 1.52. The molecule has 0 aromatic heterocycles. The van der Waals surface area contributed by atoms with Crippen LogP contribution in [-0.2, 0) is 35.0 Å². The van der Waals surface area contributed by atoms with E-state index in [-0.39, 0.29) is 38.4 Å². The lowest BCUT2D eigenvalue weighted by Gasteiger charge is -2.61. The third kappa shape index (κ3) is 5.71. The minimum Gasteiger partial charge on any atom is -0.493 e. The summed E-state index contributed by atoms with van der Waals surface area (Å²) < 4.78 is 47.6. The first-order valence-corrected chi connectivity index (χ1v) is 18.4. The highest BCUT2D eigenvalue weighted by atomic mass is 32.2. The number of aryl methyl sites for hydroxylation is 1. The molecule has 2 fully saturated rings. The number of hydrogen-bond donors (Lipinski definition) is 0. The zero-order valence-electron chi connectivity index (χ0n) is 30.3. The molecule has 52 heavy (non-hydrogen) atoms. The molecule has 7 atom stereocenters. The molecule has 278 valence electrons. The minimum absolute atomic E-state index is 0.0228. The molecule has 2 saturated heterocycles. The van der Waals surface area contributed by atoms with Gasteiger partial charge in [-0.1, -0.05) is 13.0 Å². The molecule has 2 aromatic carbocycles. The third-order valence-electron chi connectivity index (χ3n) is 10.7. The summed E-state index contributed by atoms with van der Waals surface area (Å²) in [6.07, 6.45) is 0.0611. The molecule has 0 aliphatic carbocycles. The number of methoxy groups -OCH3 is 2. The minimum atomic E-state index is -1.18. The second-order valence-electron chi connectivity index (χ2n) is 13.6. The van der Waals surface area contributed by atoms with Gasteiger partial charge in [-0.25, -0.2) is 4.79 Å². The van der Waals surface area contributed by atoms with Crippen LogP contribution in [0.1, 0.15) is 77.4 Å². The van der Waals surface area contributed by atoms with E-state index >= 15 is 0 Å². The second kappa shape index (κ2) is 14.3. The van der Waals surface area contributed by atoms with E-state index in [0.717, 1.165) is 16.7 Å². The monoisotopic (exact) mass is 737 g/mol. The number of ether oxygens (including phenoxy) is 8. The number of likely N-dealkylation sites (N-methyl/N-ethyl adjacent to an activating group) is 1. The maximum Gasteiger partial charge on any atom is 0.348 e. The van der Waals surface area contributed by atoms with Gasteiger partial charge in [0, 0.05) is 60.5 Å². The van der Waals surface area contributed by atoms with Crippen LogP contribution in [0.15, 0.2) is 6.07 Å². The number of hydrogen-bond acceptors (Lipinski definition) is 15. The summed E-state index contributed by atoms with van der Waals surface area (Å²) in [7, 11) is 5.17.